The molecule has 1 N–H and O–H groups in total. The number of amides is 1. The first-order valence-corrected chi connectivity index (χ1v) is 7.85. The Kier molecular flexibility index (Phi) is 5.71. The minimum Gasteiger partial charge on any atom is -0.378 e. The summed E-state index contributed by atoms with van der Waals surface area (Å²) in [4.78, 5) is 28.2. The number of carbonyl (C=O) groups is 1. The topological polar surface area (TPSA) is 73.2 Å². The summed E-state index contributed by atoms with van der Waals surface area (Å²) in [5.41, 5.74) is 0.334. The van der Waals surface area contributed by atoms with E-state index in [4.69, 9.17) is 4.74 Å². The first-order valence-electron chi connectivity index (χ1n) is 7.85. The predicted molar refractivity (Wildman–Crippen MR) is 83.3 cm³/mol. The van der Waals surface area contributed by atoms with Crippen LogP contribution in [0.4, 0.5) is 0 Å². The van der Waals surface area contributed by atoms with Crippen molar-refractivity contribution in [1.29, 1.82) is 0 Å². The number of nitrogens with zero attached hydrogens (tertiary/aromatic N) is 2. The molecule has 3 atom stereocenters. The van der Waals surface area contributed by atoms with Gasteiger partial charge in [-0.05, 0) is 18.3 Å². The van der Waals surface area contributed by atoms with Gasteiger partial charge < -0.3 is 10.1 Å². The Morgan fingerprint density at radius 1 is 1.45 bits per heavy atom. The van der Waals surface area contributed by atoms with Crippen molar-refractivity contribution in [2.75, 3.05) is 7.11 Å². The van der Waals surface area contributed by atoms with Crippen molar-refractivity contribution in [3.05, 3.63) is 28.4 Å². The normalized spacial score (nSPS) is 25.0. The number of nitrogens with one attached hydrogen (secondary N) is 1. The molecule has 2 rings (SSSR count). The Morgan fingerprint density at radius 3 is 2.91 bits per heavy atom. The molecule has 1 aliphatic rings. The fourth-order valence-electron chi connectivity index (χ4n) is 3.00. The summed E-state index contributed by atoms with van der Waals surface area (Å²) < 4.78 is 6.26. The summed E-state index contributed by atoms with van der Waals surface area (Å²) in [6.07, 6.45) is 4.78. The lowest BCUT2D eigenvalue weighted by Gasteiger charge is -2.34. The molecule has 1 aliphatic carbocycles. The number of hydrogen-bond acceptors (Lipinski definition) is 4. The van der Waals surface area contributed by atoms with E-state index in [2.05, 4.69) is 24.1 Å². The van der Waals surface area contributed by atoms with Crippen molar-refractivity contribution >= 4 is 5.91 Å². The highest BCUT2D eigenvalue weighted by Gasteiger charge is 2.28. The number of methoxy groups -OCH3 is 1. The van der Waals surface area contributed by atoms with E-state index in [9.17, 15) is 9.59 Å². The number of carbonyl (C=O) groups excluding carboxylic acids is 1. The third kappa shape index (κ3) is 4.16. The third-order valence-corrected chi connectivity index (χ3v) is 4.60. The fraction of sp³-hybridized carbons (Fsp3) is 0.688. The molecule has 1 heterocycles. The van der Waals surface area contributed by atoms with Gasteiger partial charge in [-0.3, -0.25) is 14.2 Å². The van der Waals surface area contributed by atoms with Crippen LogP contribution in [0.25, 0.3) is 0 Å². The number of aromatic nitrogens is 2. The van der Waals surface area contributed by atoms with Crippen LogP contribution in [-0.2, 0) is 22.7 Å². The molecule has 122 valence electrons. The van der Waals surface area contributed by atoms with Crippen LogP contribution in [0, 0.1) is 11.8 Å². The van der Waals surface area contributed by atoms with Gasteiger partial charge in [0.1, 0.15) is 6.54 Å². The smallest absolute Gasteiger partial charge is 0.254 e. The van der Waals surface area contributed by atoms with Gasteiger partial charge in [0.05, 0.1) is 18.6 Å². The molecule has 1 saturated carbocycles. The number of rotatable bonds is 5. The van der Waals surface area contributed by atoms with Crippen molar-refractivity contribution < 1.29 is 9.53 Å². The lowest BCUT2D eigenvalue weighted by atomic mass is 9.78. The van der Waals surface area contributed by atoms with E-state index in [1.165, 1.54) is 23.4 Å². The molecule has 0 saturated heterocycles. The van der Waals surface area contributed by atoms with Crippen LogP contribution in [-0.4, -0.2) is 28.6 Å². The van der Waals surface area contributed by atoms with Crippen molar-refractivity contribution in [2.45, 2.75) is 52.3 Å². The lowest BCUT2D eigenvalue weighted by molar-refractivity contribution is -0.123. The van der Waals surface area contributed by atoms with Gasteiger partial charge in [-0.15, -0.1) is 0 Å². The van der Waals surface area contributed by atoms with Gasteiger partial charge in [-0.25, -0.2) is 4.98 Å². The minimum absolute atomic E-state index is 0.0106. The second-order valence-corrected chi connectivity index (χ2v) is 6.22. The quantitative estimate of drug-likeness (QED) is 0.890. The number of ether oxygens (including phenoxy) is 1. The summed E-state index contributed by atoms with van der Waals surface area (Å²) in [6.45, 7) is 4.71. The summed E-state index contributed by atoms with van der Waals surface area (Å²) in [7, 11) is 1.55. The molecular formula is C16H25N3O3. The van der Waals surface area contributed by atoms with Gasteiger partial charge in [0.25, 0.3) is 5.56 Å². The predicted octanol–water partition coefficient (Wildman–Crippen LogP) is 1.33. The van der Waals surface area contributed by atoms with Gasteiger partial charge in [-0.1, -0.05) is 26.7 Å². The standard InChI is InChI=1S/C16H25N3O3/c1-11-5-4-6-14(12(11)2)18-15(20)8-19-10-17-13(9-22-3)7-16(19)21/h7,10-12,14H,4-6,8-9H2,1-3H3,(H,18,20)/t11-,12-,14-/m1/s1. The highest BCUT2D eigenvalue weighted by molar-refractivity contribution is 5.76. The zero-order chi connectivity index (χ0) is 16.1. The molecule has 1 aromatic heterocycles. The average Bonchev–Trinajstić information content (AvgIpc) is 2.47. The molecule has 0 aromatic carbocycles. The molecule has 0 spiro atoms. The lowest BCUT2D eigenvalue weighted by Crippen LogP contribution is -2.45. The van der Waals surface area contributed by atoms with E-state index in [1.807, 2.05) is 0 Å². The van der Waals surface area contributed by atoms with Crippen LogP contribution < -0.4 is 10.9 Å². The second-order valence-electron chi connectivity index (χ2n) is 6.22. The van der Waals surface area contributed by atoms with Crippen LogP contribution in [0.3, 0.4) is 0 Å². The maximum Gasteiger partial charge on any atom is 0.254 e. The van der Waals surface area contributed by atoms with E-state index in [0.717, 1.165) is 12.8 Å². The van der Waals surface area contributed by atoms with Crippen LogP contribution in [0.5, 0.6) is 0 Å². The molecule has 6 heteroatoms. The summed E-state index contributed by atoms with van der Waals surface area (Å²) in [5.74, 6) is 0.961. The largest absolute Gasteiger partial charge is 0.378 e. The van der Waals surface area contributed by atoms with Crippen molar-refractivity contribution in [3.63, 3.8) is 0 Å². The minimum atomic E-state index is -0.234. The van der Waals surface area contributed by atoms with Crippen molar-refractivity contribution in [3.8, 4) is 0 Å². The van der Waals surface area contributed by atoms with Crippen molar-refractivity contribution in [1.82, 2.24) is 14.9 Å². The molecular weight excluding hydrogens is 282 g/mol. The molecule has 0 bridgehead atoms. The van der Waals surface area contributed by atoms with E-state index >= 15 is 0 Å². The van der Waals surface area contributed by atoms with Gasteiger partial charge in [0.15, 0.2) is 0 Å². The summed E-state index contributed by atoms with van der Waals surface area (Å²) in [6, 6.07) is 1.61. The SMILES string of the molecule is COCc1cc(=O)n(CC(=O)N[C@@H]2CCC[C@@H](C)[C@H]2C)cn1. The summed E-state index contributed by atoms with van der Waals surface area (Å²) >= 11 is 0. The van der Waals surface area contributed by atoms with Crippen LogP contribution in [0.2, 0.25) is 0 Å². The van der Waals surface area contributed by atoms with Gasteiger partial charge >= 0.3 is 0 Å². The van der Waals surface area contributed by atoms with Gasteiger partial charge in [-0.2, -0.15) is 0 Å². The molecule has 1 fully saturated rings. The Morgan fingerprint density at radius 2 is 2.23 bits per heavy atom. The fourth-order valence-corrected chi connectivity index (χ4v) is 3.00. The maximum absolute atomic E-state index is 12.2. The maximum atomic E-state index is 12.2. The van der Waals surface area contributed by atoms with Crippen LogP contribution >= 0.6 is 0 Å². The van der Waals surface area contributed by atoms with Gasteiger partial charge in [0.2, 0.25) is 5.91 Å². The second kappa shape index (κ2) is 7.54. The molecule has 0 unspecified atom stereocenters. The third-order valence-electron chi connectivity index (χ3n) is 4.60. The Labute approximate surface area is 130 Å². The monoisotopic (exact) mass is 307 g/mol. The highest BCUT2D eigenvalue weighted by Crippen LogP contribution is 2.29. The molecule has 6 nitrogen and oxygen atoms in total. The van der Waals surface area contributed by atoms with E-state index in [0.29, 0.717) is 24.1 Å². The molecule has 22 heavy (non-hydrogen) atoms. The molecule has 0 radical (unpaired) electrons. The molecule has 1 amide bonds. The van der Waals surface area contributed by atoms with E-state index in [-0.39, 0.29) is 24.1 Å². The summed E-state index contributed by atoms with van der Waals surface area (Å²) in [5, 5.41) is 3.06. The van der Waals surface area contributed by atoms with Crippen LogP contribution in [0.15, 0.2) is 17.2 Å². The zero-order valence-corrected chi connectivity index (χ0v) is 13.5. The first-order chi connectivity index (χ1) is 10.5. The average molecular weight is 307 g/mol. The Bertz CT molecular complexity index is 570. The molecule has 1 aromatic rings. The van der Waals surface area contributed by atoms with E-state index < -0.39 is 0 Å². The van der Waals surface area contributed by atoms with E-state index in [1.54, 1.807) is 7.11 Å². The van der Waals surface area contributed by atoms with Crippen LogP contribution in [0.1, 0.15) is 38.8 Å². The molecule has 0 aliphatic heterocycles. The zero-order valence-electron chi connectivity index (χ0n) is 13.5. The first kappa shape index (κ1) is 16.7. The van der Waals surface area contributed by atoms with Crippen molar-refractivity contribution in [2.24, 2.45) is 11.8 Å². The Balaban J connectivity index is 1.96. The van der Waals surface area contributed by atoms with Gasteiger partial charge in [0, 0.05) is 19.2 Å². The highest BCUT2D eigenvalue weighted by atomic mass is 16.5. The number of hydrogen-bond donors (Lipinski definition) is 1. The Hall–Kier alpha value is -1.69.